The van der Waals surface area contributed by atoms with E-state index in [2.05, 4.69) is 6.58 Å². The normalized spacial score (nSPS) is 10.9. The average molecular weight is 367 g/mol. The Morgan fingerprint density at radius 3 is 2.81 bits per heavy atom. The number of furan rings is 1. The standard InChI is InChI=1S/C21H21NO5/c1-4-7-22-13(2)8-18(14(22)3)19(24)12-27-21(25)9-15-11-26-20-10-16(23)5-6-17(15)20/h4-6,8,10-11,23H,1,7,9,12H2,2-3H3. The van der Waals surface area contributed by atoms with Crippen LogP contribution in [0.1, 0.15) is 27.3 Å². The number of phenols is 1. The lowest BCUT2D eigenvalue weighted by atomic mass is 10.1. The number of nitrogens with zero attached hydrogens (tertiary/aromatic N) is 1. The third-order valence-corrected chi connectivity index (χ3v) is 4.52. The van der Waals surface area contributed by atoms with E-state index < -0.39 is 5.97 Å². The Labute approximate surface area is 156 Å². The third-order valence-electron chi connectivity index (χ3n) is 4.52. The van der Waals surface area contributed by atoms with Gasteiger partial charge in [-0.15, -0.1) is 6.58 Å². The van der Waals surface area contributed by atoms with Gasteiger partial charge in [-0.2, -0.15) is 0 Å². The van der Waals surface area contributed by atoms with Crippen LogP contribution in [0.4, 0.5) is 0 Å². The minimum Gasteiger partial charge on any atom is -0.508 e. The summed E-state index contributed by atoms with van der Waals surface area (Å²) in [5, 5.41) is 10.2. The number of aromatic nitrogens is 1. The number of rotatable bonds is 7. The van der Waals surface area contributed by atoms with Gasteiger partial charge >= 0.3 is 5.97 Å². The second kappa shape index (κ2) is 7.53. The van der Waals surface area contributed by atoms with Crippen LogP contribution in [0.25, 0.3) is 11.0 Å². The molecule has 1 N–H and O–H groups in total. The lowest BCUT2D eigenvalue weighted by molar-refractivity contribution is -0.141. The first-order valence-electron chi connectivity index (χ1n) is 8.56. The number of allylic oxidation sites excluding steroid dienone is 1. The Balaban J connectivity index is 1.64. The molecule has 0 aliphatic carbocycles. The van der Waals surface area contributed by atoms with Gasteiger partial charge in [0.25, 0.3) is 0 Å². The van der Waals surface area contributed by atoms with Crippen LogP contribution in [0.2, 0.25) is 0 Å². The van der Waals surface area contributed by atoms with Crippen molar-refractivity contribution in [2.75, 3.05) is 6.61 Å². The van der Waals surface area contributed by atoms with E-state index >= 15 is 0 Å². The molecule has 2 heterocycles. The number of ketones is 1. The molecule has 0 atom stereocenters. The summed E-state index contributed by atoms with van der Waals surface area (Å²) in [6, 6.07) is 6.48. The van der Waals surface area contributed by atoms with Gasteiger partial charge < -0.3 is 18.8 Å². The van der Waals surface area contributed by atoms with Gasteiger partial charge in [-0.3, -0.25) is 9.59 Å². The summed E-state index contributed by atoms with van der Waals surface area (Å²) in [6.45, 7) is 7.80. The molecule has 140 valence electrons. The maximum atomic E-state index is 12.4. The monoisotopic (exact) mass is 367 g/mol. The van der Waals surface area contributed by atoms with Gasteiger partial charge in [0.1, 0.15) is 11.3 Å². The molecule has 0 spiro atoms. The lowest BCUT2D eigenvalue weighted by Gasteiger charge is -2.07. The zero-order valence-electron chi connectivity index (χ0n) is 15.3. The van der Waals surface area contributed by atoms with E-state index in [9.17, 15) is 14.7 Å². The van der Waals surface area contributed by atoms with E-state index in [1.165, 1.54) is 18.4 Å². The van der Waals surface area contributed by atoms with Crippen molar-refractivity contribution in [3.63, 3.8) is 0 Å². The summed E-state index contributed by atoms with van der Waals surface area (Å²) in [5.74, 6) is -0.668. The van der Waals surface area contributed by atoms with Gasteiger partial charge in [0.05, 0.1) is 12.7 Å². The smallest absolute Gasteiger partial charge is 0.310 e. The molecule has 0 fully saturated rings. The first-order valence-corrected chi connectivity index (χ1v) is 8.56. The molecule has 0 amide bonds. The number of hydrogen-bond donors (Lipinski definition) is 1. The van der Waals surface area contributed by atoms with Crippen LogP contribution in [0.5, 0.6) is 5.75 Å². The molecule has 1 aromatic carbocycles. The van der Waals surface area contributed by atoms with Gasteiger partial charge in [-0.05, 0) is 32.0 Å². The average Bonchev–Trinajstić information content (AvgIpc) is 3.15. The molecule has 0 aliphatic heterocycles. The van der Waals surface area contributed by atoms with Crippen molar-refractivity contribution in [3.8, 4) is 5.75 Å². The molecule has 3 rings (SSSR count). The lowest BCUT2D eigenvalue weighted by Crippen LogP contribution is -2.16. The van der Waals surface area contributed by atoms with Crippen LogP contribution in [-0.2, 0) is 22.5 Å². The summed E-state index contributed by atoms with van der Waals surface area (Å²) in [7, 11) is 0. The number of phenolic OH excluding ortho intramolecular Hbond substituents is 1. The van der Waals surface area contributed by atoms with E-state index in [1.807, 2.05) is 18.4 Å². The third kappa shape index (κ3) is 3.79. The van der Waals surface area contributed by atoms with Crippen molar-refractivity contribution in [1.29, 1.82) is 0 Å². The fourth-order valence-electron chi connectivity index (χ4n) is 3.13. The summed E-state index contributed by atoms with van der Waals surface area (Å²) in [5.41, 5.74) is 3.46. The van der Waals surface area contributed by atoms with E-state index in [0.717, 1.165) is 16.8 Å². The maximum absolute atomic E-state index is 12.4. The van der Waals surface area contributed by atoms with Gasteiger partial charge in [0, 0.05) is 40.5 Å². The summed E-state index contributed by atoms with van der Waals surface area (Å²) in [6.07, 6.45) is 3.21. The summed E-state index contributed by atoms with van der Waals surface area (Å²) < 4.78 is 12.5. The van der Waals surface area contributed by atoms with Gasteiger partial charge in [0.15, 0.2) is 6.61 Å². The maximum Gasteiger partial charge on any atom is 0.310 e. The molecule has 0 saturated heterocycles. The fourth-order valence-corrected chi connectivity index (χ4v) is 3.13. The molecule has 0 radical (unpaired) electrons. The van der Waals surface area contributed by atoms with Crippen LogP contribution in [0.3, 0.4) is 0 Å². The summed E-state index contributed by atoms with van der Waals surface area (Å²) in [4.78, 5) is 24.6. The highest BCUT2D eigenvalue weighted by molar-refractivity contribution is 5.99. The number of aryl methyl sites for hydroxylation is 1. The molecule has 0 saturated carbocycles. The van der Waals surface area contributed by atoms with Crippen LogP contribution in [-0.4, -0.2) is 28.0 Å². The van der Waals surface area contributed by atoms with E-state index in [4.69, 9.17) is 9.15 Å². The molecule has 0 aliphatic rings. The predicted molar refractivity (Wildman–Crippen MR) is 101 cm³/mol. The van der Waals surface area contributed by atoms with Crippen LogP contribution in [0, 0.1) is 13.8 Å². The molecule has 27 heavy (non-hydrogen) atoms. The van der Waals surface area contributed by atoms with E-state index in [1.54, 1.807) is 18.2 Å². The number of Topliss-reactive ketones (excluding diaryl/α,β-unsaturated/α-hetero) is 1. The van der Waals surface area contributed by atoms with E-state index in [-0.39, 0.29) is 24.6 Å². The Kier molecular flexibility index (Phi) is 5.16. The molecule has 2 aromatic heterocycles. The Bertz CT molecular complexity index is 1020. The van der Waals surface area contributed by atoms with Crippen LogP contribution in [0.15, 0.2) is 47.6 Å². The van der Waals surface area contributed by atoms with Crippen LogP contribution >= 0.6 is 0 Å². The first kappa shape index (κ1) is 18.5. The molecule has 0 unspecified atom stereocenters. The fraction of sp³-hybridized carbons (Fsp3) is 0.238. The largest absolute Gasteiger partial charge is 0.508 e. The van der Waals surface area contributed by atoms with Crippen molar-refractivity contribution in [1.82, 2.24) is 4.57 Å². The Morgan fingerprint density at radius 1 is 1.30 bits per heavy atom. The summed E-state index contributed by atoms with van der Waals surface area (Å²) >= 11 is 0. The second-order valence-corrected chi connectivity index (χ2v) is 6.39. The van der Waals surface area contributed by atoms with Crippen molar-refractivity contribution in [3.05, 3.63) is 65.7 Å². The zero-order chi connectivity index (χ0) is 19.6. The zero-order valence-corrected chi connectivity index (χ0v) is 15.3. The minimum atomic E-state index is -0.515. The number of carbonyl (C=O) groups excluding carboxylic acids is 2. The highest BCUT2D eigenvalue weighted by Gasteiger charge is 2.18. The first-order chi connectivity index (χ1) is 12.9. The van der Waals surface area contributed by atoms with Crippen molar-refractivity contribution >= 4 is 22.7 Å². The quantitative estimate of drug-likeness (QED) is 0.391. The highest BCUT2D eigenvalue weighted by Crippen LogP contribution is 2.25. The number of hydrogen-bond acceptors (Lipinski definition) is 5. The van der Waals surface area contributed by atoms with Crippen molar-refractivity contribution in [2.24, 2.45) is 0 Å². The van der Waals surface area contributed by atoms with Crippen molar-refractivity contribution in [2.45, 2.75) is 26.8 Å². The second-order valence-electron chi connectivity index (χ2n) is 6.39. The highest BCUT2D eigenvalue weighted by atomic mass is 16.5. The Hall–Kier alpha value is -3.28. The molecule has 6 heteroatoms. The van der Waals surface area contributed by atoms with Gasteiger partial charge in [0.2, 0.25) is 5.78 Å². The molecule has 3 aromatic rings. The molecule has 6 nitrogen and oxygen atoms in total. The number of carbonyl (C=O) groups is 2. The van der Waals surface area contributed by atoms with Gasteiger partial charge in [-0.1, -0.05) is 6.08 Å². The molecular weight excluding hydrogens is 346 g/mol. The molecular formula is C21H21NO5. The minimum absolute atomic E-state index is 0.0134. The Morgan fingerprint density at radius 2 is 2.07 bits per heavy atom. The number of aromatic hydroxyl groups is 1. The molecule has 0 bridgehead atoms. The number of benzene rings is 1. The van der Waals surface area contributed by atoms with Gasteiger partial charge in [-0.25, -0.2) is 0 Å². The topological polar surface area (TPSA) is 81.7 Å². The van der Waals surface area contributed by atoms with Crippen molar-refractivity contribution < 1.29 is 23.8 Å². The number of esters is 1. The number of fused-ring (bicyclic) bond motifs is 1. The van der Waals surface area contributed by atoms with E-state index in [0.29, 0.717) is 23.3 Å². The predicted octanol–water partition coefficient (Wildman–Crippen LogP) is 3.71. The number of ether oxygens (including phenoxy) is 1. The van der Waals surface area contributed by atoms with Crippen LogP contribution < -0.4 is 0 Å². The SMILES string of the molecule is C=CCn1c(C)cc(C(=O)COC(=O)Cc2coc3cc(O)ccc23)c1C.